The minimum Gasteiger partial charge on any atom is -0.481 e. The molecular weight excluding hydrogens is 220 g/mol. The van der Waals surface area contributed by atoms with E-state index in [1.807, 2.05) is 20.8 Å². The summed E-state index contributed by atoms with van der Waals surface area (Å²) < 4.78 is 0. The van der Waals surface area contributed by atoms with Crippen LogP contribution in [0.3, 0.4) is 0 Å². The normalized spacial score (nSPS) is 18.7. The van der Waals surface area contributed by atoms with Crippen molar-refractivity contribution in [3.8, 4) is 0 Å². The summed E-state index contributed by atoms with van der Waals surface area (Å²) in [7, 11) is 0. The predicted molar refractivity (Wildman–Crippen MR) is 64.6 cm³/mol. The Hall–Kier alpha value is -1.10. The molecule has 1 aliphatic rings. The molecule has 1 saturated heterocycles. The van der Waals surface area contributed by atoms with E-state index in [4.69, 9.17) is 5.11 Å². The van der Waals surface area contributed by atoms with Gasteiger partial charge in [0.05, 0.1) is 12.5 Å². The maximum Gasteiger partial charge on any atom is 0.306 e. The lowest BCUT2D eigenvalue weighted by molar-refractivity contribution is -0.150. The van der Waals surface area contributed by atoms with Crippen LogP contribution in [-0.4, -0.2) is 47.1 Å². The van der Waals surface area contributed by atoms with E-state index in [0.717, 1.165) is 0 Å². The van der Waals surface area contributed by atoms with Gasteiger partial charge in [-0.25, -0.2) is 0 Å². The maximum atomic E-state index is 11.7. The van der Waals surface area contributed by atoms with Gasteiger partial charge in [-0.3, -0.25) is 9.59 Å². The van der Waals surface area contributed by atoms with Crippen molar-refractivity contribution < 1.29 is 14.7 Å². The Morgan fingerprint density at radius 3 is 2.35 bits per heavy atom. The summed E-state index contributed by atoms with van der Waals surface area (Å²) >= 11 is 0. The number of hydrogen-bond acceptors (Lipinski definition) is 3. The van der Waals surface area contributed by atoms with Gasteiger partial charge in [-0.05, 0) is 20.8 Å². The van der Waals surface area contributed by atoms with Gasteiger partial charge in [0, 0.05) is 24.5 Å². The molecule has 1 heterocycles. The molecule has 0 aromatic carbocycles. The van der Waals surface area contributed by atoms with Crippen molar-refractivity contribution in [2.45, 2.75) is 33.2 Å². The summed E-state index contributed by atoms with van der Waals surface area (Å²) in [6, 6.07) is 0. The van der Waals surface area contributed by atoms with Crippen LogP contribution in [-0.2, 0) is 9.59 Å². The van der Waals surface area contributed by atoms with E-state index >= 15 is 0 Å². The van der Waals surface area contributed by atoms with Crippen molar-refractivity contribution in [2.24, 2.45) is 11.8 Å². The monoisotopic (exact) mass is 242 g/mol. The van der Waals surface area contributed by atoms with Crippen LogP contribution in [0.25, 0.3) is 0 Å². The fourth-order valence-corrected chi connectivity index (χ4v) is 1.69. The third kappa shape index (κ3) is 4.00. The first-order valence-corrected chi connectivity index (χ1v) is 5.96. The molecule has 0 bridgehead atoms. The molecular formula is C12H22N2O3. The molecule has 1 amide bonds. The van der Waals surface area contributed by atoms with Gasteiger partial charge in [0.15, 0.2) is 0 Å². The van der Waals surface area contributed by atoms with Gasteiger partial charge >= 0.3 is 5.97 Å². The Kier molecular flexibility index (Phi) is 4.14. The predicted octanol–water partition coefficient (Wildman–Crippen LogP) is 0.554. The van der Waals surface area contributed by atoms with Gasteiger partial charge in [-0.1, -0.05) is 6.92 Å². The van der Waals surface area contributed by atoms with Crippen LogP contribution in [0.2, 0.25) is 0 Å². The van der Waals surface area contributed by atoms with Crippen molar-refractivity contribution in [3.05, 3.63) is 0 Å². The summed E-state index contributed by atoms with van der Waals surface area (Å²) in [5, 5.41) is 12.0. The zero-order valence-electron chi connectivity index (χ0n) is 11.0. The van der Waals surface area contributed by atoms with E-state index < -0.39 is 5.97 Å². The number of nitrogens with zero attached hydrogens (tertiary/aromatic N) is 1. The fraction of sp³-hybridized carbons (Fsp3) is 0.833. The minimum absolute atomic E-state index is 0.0498. The standard InChI is InChI=1S/C12H22N2O3/c1-8(11(16)17)9-6-14(7-9)10(15)5-13-12(2,3)4/h8-9,13H,5-7H2,1-4H3,(H,16,17). The summed E-state index contributed by atoms with van der Waals surface area (Å²) in [5.41, 5.74) is -0.0751. The van der Waals surface area contributed by atoms with Crippen LogP contribution in [0.4, 0.5) is 0 Å². The summed E-state index contributed by atoms with van der Waals surface area (Å²) in [4.78, 5) is 24.2. The van der Waals surface area contributed by atoms with Crippen LogP contribution in [0.1, 0.15) is 27.7 Å². The number of carboxylic acids is 1. The topological polar surface area (TPSA) is 69.6 Å². The first kappa shape index (κ1) is 14.0. The minimum atomic E-state index is -0.782. The molecule has 1 aliphatic heterocycles. The molecule has 17 heavy (non-hydrogen) atoms. The quantitative estimate of drug-likeness (QED) is 0.755. The van der Waals surface area contributed by atoms with E-state index in [9.17, 15) is 9.59 Å². The van der Waals surface area contributed by atoms with Crippen molar-refractivity contribution in [2.75, 3.05) is 19.6 Å². The van der Waals surface area contributed by atoms with Crippen molar-refractivity contribution in [1.29, 1.82) is 0 Å². The summed E-state index contributed by atoms with van der Waals surface area (Å²) in [6.45, 7) is 9.17. The smallest absolute Gasteiger partial charge is 0.306 e. The van der Waals surface area contributed by atoms with Crippen molar-refractivity contribution >= 4 is 11.9 Å². The van der Waals surface area contributed by atoms with Crippen LogP contribution in [0.5, 0.6) is 0 Å². The maximum absolute atomic E-state index is 11.7. The van der Waals surface area contributed by atoms with E-state index in [2.05, 4.69) is 5.32 Å². The Morgan fingerprint density at radius 1 is 1.41 bits per heavy atom. The van der Waals surface area contributed by atoms with Gasteiger partial charge in [-0.15, -0.1) is 0 Å². The molecule has 1 unspecified atom stereocenters. The van der Waals surface area contributed by atoms with Gasteiger partial charge in [-0.2, -0.15) is 0 Å². The first-order valence-electron chi connectivity index (χ1n) is 5.96. The van der Waals surface area contributed by atoms with Gasteiger partial charge in [0.25, 0.3) is 0 Å². The highest BCUT2D eigenvalue weighted by Gasteiger charge is 2.36. The number of amides is 1. The Bertz CT molecular complexity index is 303. The largest absolute Gasteiger partial charge is 0.481 e. The third-order valence-corrected chi connectivity index (χ3v) is 3.13. The molecule has 0 saturated carbocycles. The summed E-state index contributed by atoms with van der Waals surface area (Å²) in [5.74, 6) is -0.996. The zero-order chi connectivity index (χ0) is 13.2. The lowest BCUT2D eigenvalue weighted by Gasteiger charge is -2.41. The van der Waals surface area contributed by atoms with Gasteiger partial charge in [0.1, 0.15) is 0 Å². The molecule has 5 heteroatoms. The van der Waals surface area contributed by atoms with Crippen molar-refractivity contribution in [3.63, 3.8) is 0 Å². The second-order valence-corrected chi connectivity index (χ2v) is 5.79. The van der Waals surface area contributed by atoms with Crippen LogP contribution in [0, 0.1) is 11.8 Å². The molecule has 2 N–H and O–H groups in total. The SMILES string of the molecule is CC(C(=O)O)C1CN(C(=O)CNC(C)(C)C)C1. The second-order valence-electron chi connectivity index (χ2n) is 5.79. The highest BCUT2D eigenvalue weighted by Crippen LogP contribution is 2.23. The van der Waals surface area contributed by atoms with Crippen LogP contribution >= 0.6 is 0 Å². The zero-order valence-corrected chi connectivity index (χ0v) is 11.0. The third-order valence-electron chi connectivity index (χ3n) is 3.13. The molecule has 5 nitrogen and oxygen atoms in total. The van der Waals surface area contributed by atoms with E-state index in [1.165, 1.54) is 0 Å². The number of rotatable bonds is 4. The number of aliphatic carboxylic acids is 1. The molecule has 0 aromatic heterocycles. The molecule has 0 spiro atoms. The number of nitrogens with one attached hydrogen (secondary N) is 1. The van der Waals surface area contributed by atoms with Crippen LogP contribution < -0.4 is 5.32 Å². The van der Waals surface area contributed by atoms with Gasteiger partial charge < -0.3 is 15.3 Å². The number of likely N-dealkylation sites (tertiary alicyclic amines) is 1. The van der Waals surface area contributed by atoms with Crippen molar-refractivity contribution in [1.82, 2.24) is 10.2 Å². The molecule has 1 rings (SSSR count). The lowest BCUT2D eigenvalue weighted by atomic mass is 9.87. The Balaban J connectivity index is 2.28. The Morgan fingerprint density at radius 2 is 1.94 bits per heavy atom. The van der Waals surface area contributed by atoms with E-state index in [-0.39, 0.29) is 23.3 Å². The average molecular weight is 242 g/mol. The number of carbonyl (C=O) groups excluding carboxylic acids is 1. The van der Waals surface area contributed by atoms with E-state index in [0.29, 0.717) is 19.6 Å². The lowest BCUT2D eigenvalue weighted by Crippen LogP contribution is -2.56. The molecule has 98 valence electrons. The van der Waals surface area contributed by atoms with Gasteiger partial charge in [0.2, 0.25) is 5.91 Å². The number of hydrogen-bond donors (Lipinski definition) is 2. The number of carbonyl (C=O) groups is 2. The van der Waals surface area contributed by atoms with Crippen LogP contribution in [0.15, 0.2) is 0 Å². The summed E-state index contributed by atoms with van der Waals surface area (Å²) in [6.07, 6.45) is 0. The highest BCUT2D eigenvalue weighted by atomic mass is 16.4. The molecule has 1 atom stereocenters. The second kappa shape index (κ2) is 5.04. The first-order chi connectivity index (χ1) is 7.70. The molecule has 0 aromatic rings. The Labute approximate surface area is 102 Å². The molecule has 1 fully saturated rings. The average Bonchev–Trinajstić information content (AvgIpc) is 2.10. The molecule has 0 radical (unpaired) electrons. The molecule has 0 aliphatic carbocycles. The number of carboxylic acid groups (broad SMARTS) is 1. The fourth-order valence-electron chi connectivity index (χ4n) is 1.69. The van der Waals surface area contributed by atoms with E-state index in [1.54, 1.807) is 11.8 Å². The highest BCUT2D eigenvalue weighted by molar-refractivity contribution is 5.79.